The molecule has 0 fully saturated rings. The largest absolute Gasteiger partial charge is 0.361 e. The Morgan fingerprint density at radius 1 is 1.22 bits per heavy atom. The number of thiocarbonyl (C=S) groups is 1. The van der Waals surface area contributed by atoms with E-state index in [0.29, 0.717) is 5.11 Å². The summed E-state index contributed by atoms with van der Waals surface area (Å²) in [5.74, 6) is 0. The first-order valence-corrected chi connectivity index (χ1v) is 8.07. The maximum atomic E-state index is 5.44. The van der Waals surface area contributed by atoms with E-state index in [1.54, 1.807) is 6.20 Å². The summed E-state index contributed by atoms with van der Waals surface area (Å²) >= 11 is 5.44. The third-order valence-corrected chi connectivity index (χ3v) is 4.25. The quantitative estimate of drug-likeness (QED) is 0.824. The molecule has 2 rings (SSSR count). The Kier molecular flexibility index (Phi) is 6.07. The van der Waals surface area contributed by atoms with Crippen molar-refractivity contribution in [2.24, 2.45) is 0 Å². The number of hydrogen-bond donors (Lipinski definition) is 2. The topological polar surface area (TPSA) is 40.2 Å². The highest BCUT2D eigenvalue weighted by Crippen LogP contribution is 2.18. The predicted octanol–water partition coefficient (Wildman–Crippen LogP) is 3.29. The molecule has 0 aliphatic rings. The van der Waals surface area contributed by atoms with Crippen LogP contribution in [-0.4, -0.2) is 35.6 Å². The third kappa shape index (κ3) is 4.74. The minimum atomic E-state index is 0.210. The van der Waals surface area contributed by atoms with E-state index in [4.69, 9.17) is 12.2 Å². The van der Waals surface area contributed by atoms with Gasteiger partial charge in [0.05, 0.1) is 6.04 Å². The van der Waals surface area contributed by atoms with Crippen LogP contribution in [0.2, 0.25) is 0 Å². The van der Waals surface area contributed by atoms with Gasteiger partial charge in [0, 0.05) is 24.6 Å². The van der Waals surface area contributed by atoms with Crippen molar-refractivity contribution >= 4 is 23.0 Å². The van der Waals surface area contributed by atoms with Gasteiger partial charge in [-0.3, -0.25) is 4.98 Å². The lowest BCUT2D eigenvalue weighted by Crippen LogP contribution is -2.36. The number of nitrogens with zero attached hydrogens (tertiary/aromatic N) is 2. The first-order valence-electron chi connectivity index (χ1n) is 7.66. The zero-order chi connectivity index (χ0) is 16.8. The van der Waals surface area contributed by atoms with E-state index in [-0.39, 0.29) is 6.04 Å². The van der Waals surface area contributed by atoms with Gasteiger partial charge in [-0.15, -0.1) is 0 Å². The van der Waals surface area contributed by atoms with Crippen molar-refractivity contribution in [3.05, 3.63) is 59.4 Å². The van der Waals surface area contributed by atoms with Crippen LogP contribution >= 0.6 is 12.2 Å². The van der Waals surface area contributed by atoms with Crippen LogP contribution in [0.1, 0.15) is 22.7 Å². The summed E-state index contributed by atoms with van der Waals surface area (Å²) in [7, 11) is 4.11. The Labute approximate surface area is 143 Å². The lowest BCUT2D eigenvalue weighted by Gasteiger charge is -2.25. The van der Waals surface area contributed by atoms with E-state index in [9.17, 15) is 0 Å². The van der Waals surface area contributed by atoms with Gasteiger partial charge in [0.25, 0.3) is 0 Å². The summed E-state index contributed by atoms with van der Waals surface area (Å²) in [6.45, 7) is 4.91. The van der Waals surface area contributed by atoms with Gasteiger partial charge >= 0.3 is 0 Å². The highest BCUT2D eigenvalue weighted by Gasteiger charge is 2.14. The van der Waals surface area contributed by atoms with E-state index in [0.717, 1.165) is 12.2 Å². The molecule has 1 aromatic heterocycles. The van der Waals surface area contributed by atoms with Gasteiger partial charge in [-0.25, -0.2) is 0 Å². The summed E-state index contributed by atoms with van der Waals surface area (Å²) in [4.78, 5) is 6.36. The van der Waals surface area contributed by atoms with Crippen LogP contribution in [0.3, 0.4) is 0 Å². The molecule has 0 aliphatic heterocycles. The number of rotatable bonds is 5. The van der Waals surface area contributed by atoms with E-state index >= 15 is 0 Å². The third-order valence-electron chi connectivity index (χ3n) is 4.00. The van der Waals surface area contributed by atoms with Crippen molar-refractivity contribution in [2.75, 3.05) is 26.0 Å². The predicted molar refractivity (Wildman–Crippen MR) is 101 cm³/mol. The molecule has 5 heteroatoms. The molecule has 1 aromatic carbocycles. The van der Waals surface area contributed by atoms with Gasteiger partial charge < -0.3 is 15.5 Å². The molecule has 23 heavy (non-hydrogen) atoms. The van der Waals surface area contributed by atoms with Gasteiger partial charge in [-0.2, -0.15) is 0 Å². The van der Waals surface area contributed by atoms with Crippen LogP contribution in [0.5, 0.6) is 0 Å². The van der Waals surface area contributed by atoms with Gasteiger partial charge in [-0.1, -0.05) is 18.2 Å². The van der Waals surface area contributed by atoms with Crippen molar-refractivity contribution in [3.63, 3.8) is 0 Å². The smallest absolute Gasteiger partial charge is 0.170 e. The molecule has 122 valence electrons. The highest BCUT2D eigenvalue weighted by atomic mass is 32.1. The summed E-state index contributed by atoms with van der Waals surface area (Å²) in [5.41, 5.74) is 4.68. The zero-order valence-corrected chi connectivity index (χ0v) is 14.9. The van der Waals surface area contributed by atoms with E-state index in [1.165, 1.54) is 16.7 Å². The number of aromatic nitrogens is 1. The number of likely N-dealkylation sites (N-methyl/N-ethyl adjacent to an activating group) is 1. The Balaban J connectivity index is 1.98. The second-order valence-electron chi connectivity index (χ2n) is 5.85. The maximum Gasteiger partial charge on any atom is 0.170 e. The summed E-state index contributed by atoms with van der Waals surface area (Å²) in [6, 6.07) is 10.4. The molecular weight excluding hydrogens is 304 g/mol. The molecule has 1 atom stereocenters. The second-order valence-corrected chi connectivity index (χ2v) is 6.26. The number of nitrogens with one attached hydrogen (secondary N) is 2. The molecule has 4 nitrogen and oxygen atoms in total. The minimum Gasteiger partial charge on any atom is -0.361 e. The SMILES string of the molecule is Cc1cccc(NC(=S)NC[C@@H](c2cccnc2)N(C)C)c1C. The second kappa shape index (κ2) is 8.04. The normalized spacial score (nSPS) is 12.0. The number of benzene rings is 1. The molecule has 0 unspecified atom stereocenters. The van der Waals surface area contributed by atoms with Crippen LogP contribution < -0.4 is 10.6 Å². The van der Waals surface area contributed by atoms with Gasteiger partial charge in [-0.05, 0) is 69.0 Å². The van der Waals surface area contributed by atoms with Crippen molar-refractivity contribution in [2.45, 2.75) is 19.9 Å². The van der Waals surface area contributed by atoms with Crippen LogP contribution in [0.4, 0.5) is 5.69 Å². The number of anilines is 1. The summed E-state index contributed by atoms with van der Waals surface area (Å²) < 4.78 is 0. The van der Waals surface area contributed by atoms with Crippen molar-refractivity contribution in [1.82, 2.24) is 15.2 Å². The number of aryl methyl sites for hydroxylation is 1. The van der Waals surface area contributed by atoms with Crippen molar-refractivity contribution in [3.8, 4) is 0 Å². The average Bonchev–Trinajstić information content (AvgIpc) is 2.53. The summed E-state index contributed by atoms with van der Waals surface area (Å²) in [6.07, 6.45) is 3.68. The van der Waals surface area contributed by atoms with Crippen LogP contribution in [0.15, 0.2) is 42.7 Å². The monoisotopic (exact) mass is 328 g/mol. The fourth-order valence-electron chi connectivity index (χ4n) is 2.41. The fourth-order valence-corrected chi connectivity index (χ4v) is 2.61. The Morgan fingerprint density at radius 2 is 2.00 bits per heavy atom. The Morgan fingerprint density at radius 3 is 2.65 bits per heavy atom. The Bertz CT molecular complexity index is 655. The van der Waals surface area contributed by atoms with Crippen LogP contribution in [-0.2, 0) is 0 Å². The fraction of sp³-hybridized carbons (Fsp3) is 0.333. The maximum absolute atomic E-state index is 5.44. The van der Waals surface area contributed by atoms with Gasteiger partial charge in [0.2, 0.25) is 0 Å². The van der Waals surface area contributed by atoms with Crippen molar-refractivity contribution < 1.29 is 0 Å². The molecule has 2 N–H and O–H groups in total. The molecule has 0 aliphatic carbocycles. The first kappa shape index (κ1) is 17.4. The summed E-state index contributed by atoms with van der Waals surface area (Å²) in [5, 5.41) is 7.23. The minimum absolute atomic E-state index is 0.210. The highest BCUT2D eigenvalue weighted by molar-refractivity contribution is 7.80. The van der Waals surface area contributed by atoms with E-state index in [2.05, 4.69) is 60.6 Å². The van der Waals surface area contributed by atoms with Crippen molar-refractivity contribution in [1.29, 1.82) is 0 Å². The molecule has 0 bridgehead atoms. The van der Waals surface area contributed by atoms with E-state index in [1.807, 2.05) is 24.4 Å². The molecular formula is C18H24N4S. The average molecular weight is 328 g/mol. The standard InChI is InChI=1S/C18H24N4S/c1-13-7-5-9-16(14(13)2)21-18(23)20-12-17(22(3)4)15-8-6-10-19-11-15/h5-11,17H,12H2,1-4H3,(H2,20,21,23)/t17-/m0/s1. The zero-order valence-electron chi connectivity index (χ0n) is 14.1. The van der Waals surface area contributed by atoms with Gasteiger partial charge in [0.1, 0.15) is 0 Å². The molecule has 0 spiro atoms. The molecule has 0 radical (unpaired) electrons. The Hall–Kier alpha value is -1.98. The number of pyridine rings is 1. The molecule has 0 amide bonds. The van der Waals surface area contributed by atoms with Crippen LogP contribution in [0.25, 0.3) is 0 Å². The van der Waals surface area contributed by atoms with Gasteiger partial charge in [0.15, 0.2) is 5.11 Å². The molecule has 0 saturated carbocycles. The lowest BCUT2D eigenvalue weighted by molar-refractivity contribution is 0.298. The number of hydrogen-bond acceptors (Lipinski definition) is 3. The lowest BCUT2D eigenvalue weighted by atomic mass is 10.1. The van der Waals surface area contributed by atoms with E-state index < -0.39 is 0 Å². The molecule has 2 aromatic rings. The van der Waals surface area contributed by atoms with Crippen LogP contribution in [0, 0.1) is 13.8 Å². The molecule has 0 saturated heterocycles. The first-order chi connectivity index (χ1) is 11.0. The molecule has 1 heterocycles.